The average molecular weight is 742 g/mol. The molecule has 5 aromatic rings. The first-order valence-electron chi connectivity index (χ1n) is 21.5. The summed E-state index contributed by atoms with van der Waals surface area (Å²) in [4.78, 5) is 2.59. The maximum atomic E-state index is 2.59. The second kappa shape index (κ2) is 11.1. The number of rotatable bonds is 5. The fourth-order valence-corrected chi connectivity index (χ4v) is 13.3. The molecule has 1 aliphatic heterocycles. The van der Waals surface area contributed by atoms with Crippen molar-refractivity contribution in [3.63, 3.8) is 0 Å². The van der Waals surface area contributed by atoms with Gasteiger partial charge in [0, 0.05) is 39.5 Å². The highest BCUT2D eigenvalue weighted by molar-refractivity contribution is 5.98. The van der Waals surface area contributed by atoms with Gasteiger partial charge in [0.1, 0.15) is 0 Å². The molecule has 276 valence electrons. The first kappa shape index (κ1) is 31.9. The van der Waals surface area contributed by atoms with E-state index in [1.165, 1.54) is 80.5 Å². The van der Waals surface area contributed by atoms with E-state index in [0.29, 0.717) is 29.6 Å². The third-order valence-electron chi connectivity index (χ3n) is 16.0. The van der Waals surface area contributed by atoms with E-state index in [-0.39, 0.29) is 16.2 Å². The zero-order valence-corrected chi connectivity index (χ0v) is 32.4. The molecular weight excluding hydrogens is 699 g/mol. The predicted octanol–water partition coefficient (Wildman–Crippen LogP) is 13.7. The lowest BCUT2D eigenvalue weighted by atomic mass is 9.56. The maximum absolute atomic E-state index is 2.59. The van der Waals surface area contributed by atoms with Crippen LogP contribution < -0.4 is 4.90 Å². The summed E-state index contributed by atoms with van der Waals surface area (Å²) in [5.41, 5.74) is 17.6. The average Bonchev–Trinajstić information content (AvgIpc) is 4.22. The zero-order chi connectivity index (χ0) is 37.8. The molecule has 8 aliphatic carbocycles. The Bertz CT molecular complexity index is 2950. The van der Waals surface area contributed by atoms with Gasteiger partial charge in [-0.25, -0.2) is 0 Å². The normalized spacial score (nSPS) is 33.2. The van der Waals surface area contributed by atoms with Crippen molar-refractivity contribution in [2.75, 3.05) is 4.90 Å². The molecule has 5 aromatic carbocycles. The summed E-state index contributed by atoms with van der Waals surface area (Å²) in [5, 5.41) is 2.61. The Labute approximate surface area is 340 Å². The molecule has 2 spiro atoms. The van der Waals surface area contributed by atoms with Crippen molar-refractivity contribution in [2.45, 2.75) is 30.6 Å². The molecule has 0 amide bonds. The molecule has 14 rings (SSSR count). The molecule has 1 heteroatoms. The van der Waals surface area contributed by atoms with Gasteiger partial charge in [-0.05, 0) is 128 Å². The van der Waals surface area contributed by atoms with Crippen molar-refractivity contribution < 1.29 is 0 Å². The lowest BCUT2D eigenvalue weighted by Crippen LogP contribution is -2.36. The molecular formula is C57H43N. The topological polar surface area (TPSA) is 3.24 Å². The summed E-state index contributed by atoms with van der Waals surface area (Å²) in [7, 11) is 0. The maximum Gasteiger partial charge on any atom is 0.0501 e. The van der Waals surface area contributed by atoms with Crippen LogP contribution in [-0.4, -0.2) is 0 Å². The standard InChI is InChI=1S/C57H43N/c1-2-12-37(13-3-1)45-22-11-31-55(35-50(45)55)54-47-20-7-6-19-46(47)53(57-34-41(57)16-9-23-48(54)57)38-25-28-42(29-26-38)58-51-30-27-39(44-21-8-15-36-14-4-5-18-43(36)44)32-49(51)56-33-40(56)17-10-24-52(56)58/h1-32,40-41,46,50,53H,33-35H2. The minimum atomic E-state index is 0.0690. The second-order valence-electron chi connectivity index (χ2n) is 18.4. The number of fused-ring (bicyclic) bond motifs is 4. The predicted molar refractivity (Wildman–Crippen MR) is 238 cm³/mol. The van der Waals surface area contributed by atoms with Gasteiger partial charge in [-0.15, -0.1) is 0 Å². The summed E-state index contributed by atoms with van der Waals surface area (Å²) < 4.78 is 0. The molecule has 0 N–H and O–H groups in total. The molecule has 0 bridgehead atoms. The van der Waals surface area contributed by atoms with Gasteiger partial charge in [0.2, 0.25) is 0 Å². The Hall–Kier alpha value is -6.18. The van der Waals surface area contributed by atoms with E-state index < -0.39 is 0 Å². The Balaban J connectivity index is 0.860. The van der Waals surface area contributed by atoms with E-state index in [4.69, 9.17) is 0 Å². The zero-order valence-electron chi connectivity index (χ0n) is 32.4. The van der Waals surface area contributed by atoms with Crippen LogP contribution in [-0.2, 0) is 5.41 Å². The Morgan fingerprint density at radius 2 is 1.47 bits per heavy atom. The van der Waals surface area contributed by atoms with Crippen LogP contribution in [0.2, 0.25) is 0 Å². The van der Waals surface area contributed by atoms with Crippen molar-refractivity contribution in [1.82, 2.24) is 0 Å². The molecule has 0 saturated heterocycles. The van der Waals surface area contributed by atoms with Gasteiger partial charge < -0.3 is 4.90 Å². The number of nitrogens with zero attached hydrogens (tertiary/aromatic N) is 1. The van der Waals surface area contributed by atoms with Crippen LogP contribution in [0.1, 0.15) is 41.9 Å². The fraction of sp³-hybridized carbons (Fsp3) is 0.193. The summed E-state index contributed by atoms with van der Waals surface area (Å²) in [5.74, 6) is 2.44. The Morgan fingerprint density at radius 3 is 2.40 bits per heavy atom. The number of benzene rings is 5. The minimum absolute atomic E-state index is 0.0690. The molecule has 58 heavy (non-hydrogen) atoms. The molecule has 0 aromatic heterocycles. The van der Waals surface area contributed by atoms with E-state index in [1.807, 2.05) is 0 Å². The molecule has 8 atom stereocenters. The lowest BCUT2D eigenvalue weighted by molar-refractivity contribution is 0.359. The Morgan fingerprint density at radius 1 is 0.621 bits per heavy atom. The number of hydrogen-bond donors (Lipinski definition) is 0. The van der Waals surface area contributed by atoms with E-state index in [1.54, 1.807) is 16.7 Å². The van der Waals surface area contributed by atoms with E-state index >= 15 is 0 Å². The summed E-state index contributed by atoms with van der Waals surface area (Å²) >= 11 is 0. The molecule has 0 radical (unpaired) electrons. The molecule has 3 saturated carbocycles. The molecule has 1 nitrogen and oxygen atoms in total. The van der Waals surface area contributed by atoms with Gasteiger partial charge in [-0.3, -0.25) is 0 Å². The Kier molecular flexibility index (Phi) is 6.07. The van der Waals surface area contributed by atoms with Crippen LogP contribution in [0.5, 0.6) is 0 Å². The third kappa shape index (κ3) is 3.98. The largest absolute Gasteiger partial charge is 0.313 e. The smallest absolute Gasteiger partial charge is 0.0501 e. The summed E-state index contributed by atoms with van der Waals surface area (Å²) in [6.45, 7) is 0. The first-order valence-corrected chi connectivity index (χ1v) is 21.5. The van der Waals surface area contributed by atoms with Crippen LogP contribution in [0.3, 0.4) is 0 Å². The quantitative estimate of drug-likeness (QED) is 0.173. The van der Waals surface area contributed by atoms with Gasteiger partial charge in [0.15, 0.2) is 0 Å². The van der Waals surface area contributed by atoms with Crippen LogP contribution in [0.4, 0.5) is 11.4 Å². The van der Waals surface area contributed by atoms with Crippen molar-refractivity contribution in [3.05, 3.63) is 233 Å². The fourth-order valence-electron chi connectivity index (χ4n) is 13.3. The molecule has 9 aliphatic rings. The summed E-state index contributed by atoms with van der Waals surface area (Å²) in [6.07, 6.45) is 35.2. The molecule has 8 unspecified atom stereocenters. The van der Waals surface area contributed by atoms with Gasteiger partial charge in [-0.1, -0.05) is 164 Å². The summed E-state index contributed by atoms with van der Waals surface area (Å²) in [6, 6.07) is 43.8. The van der Waals surface area contributed by atoms with Crippen molar-refractivity contribution in [3.8, 4) is 11.1 Å². The van der Waals surface area contributed by atoms with Crippen molar-refractivity contribution in [2.24, 2.45) is 34.5 Å². The minimum Gasteiger partial charge on any atom is -0.313 e. The van der Waals surface area contributed by atoms with Crippen molar-refractivity contribution in [1.29, 1.82) is 0 Å². The second-order valence-corrected chi connectivity index (χ2v) is 18.4. The highest BCUT2D eigenvalue weighted by Crippen LogP contribution is 2.79. The van der Waals surface area contributed by atoms with Crippen LogP contribution in [0.15, 0.2) is 217 Å². The highest BCUT2D eigenvalue weighted by Gasteiger charge is 2.70. The number of hydrogen-bond acceptors (Lipinski definition) is 1. The van der Waals surface area contributed by atoms with E-state index in [0.717, 1.165) is 0 Å². The first-order chi connectivity index (χ1) is 28.7. The number of anilines is 2. The van der Waals surface area contributed by atoms with Gasteiger partial charge in [0.25, 0.3) is 0 Å². The monoisotopic (exact) mass is 741 g/mol. The highest BCUT2D eigenvalue weighted by atomic mass is 15.2. The van der Waals surface area contributed by atoms with Crippen LogP contribution in [0.25, 0.3) is 27.5 Å². The molecule has 3 fully saturated rings. The van der Waals surface area contributed by atoms with Crippen molar-refractivity contribution >= 4 is 27.7 Å². The van der Waals surface area contributed by atoms with Gasteiger partial charge in [-0.2, -0.15) is 0 Å². The lowest BCUT2D eigenvalue weighted by Gasteiger charge is -2.46. The molecule has 1 heterocycles. The SMILES string of the molecule is C1=CC2=C(C34C=CC=C(c5ccccc5)C3C4)C3=CC=CC4CC34C(c3ccc(N4C5=CC=CC6CC56c5cc(-c6cccc7ccccc67)ccc54)cc3)C2C=C1. The number of allylic oxidation sites excluding steroid dienone is 18. The van der Waals surface area contributed by atoms with E-state index in [2.05, 4.69) is 199 Å². The van der Waals surface area contributed by atoms with Crippen LogP contribution >= 0.6 is 0 Å². The van der Waals surface area contributed by atoms with E-state index in [9.17, 15) is 0 Å². The van der Waals surface area contributed by atoms with Crippen LogP contribution in [0, 0.1) is 34.5 Å². The van der Waals surface area contributed by atoms with Gasteiger partial charge in [0.05, 0.1) is 5.69 Å². The van der Waals surface area contributed by atoms with Gasteiger partial charge >= 0.3 is 0 Å². The third-order valence-corrected chi connectivity index (χ3v) is 16.0.